The average Bonchev–Trinajstić information content (AvgIpc) is 3.12. The fourth-order valence-corrected chi connectivity index (χ4v) is 7.28. The van der Waals surface area contributed by atoms with Crippen LogP contribution in [0.3, 0.4) is 0 Å². The molecule has 2 fully saturated rings. The Morgan fingerprint density at radius 1 is 1.04 bits per heavy atom. The van der Waals surface area contributed by atoms with Gasteiger partial charge >= 0.3 is 0 Å². The van der Waals surface area contributed by atoms with E-state index in [1.165, 1.54) is 30.0 Å². The van der Waals surface area contributed by atoms with Crippen LogP contribution in [-0.4, -0.2) is 60.7 Å². The van der Waals surface area contributed by atoms with E-state index >= 15 is 0 Å². The van der Waals surface area contributed by atoms with Crippen LogP contribution in [0, 0.1) is 20.8 Å². The van der Waals surface area contributed by atoms with Crippen molar-refractivity contribution >= 4 is 27.7 Å². The molecular formula is C20H30N2O3S2. The summed E-state index contributed by atoms with van der Waals surface area (Å²) in [5.74, 6) is 0.666. The molecule has 1 aliphatic heterocycles. The van der Waals surface area contributed by atoms with Gasteiger partial charge in [-0.1, -0.05) is 30.5 Å². The molecule has 0 aromatic heterocycles. The maximum Gasteiger partial charge on any atom is 0.243 e. The summed E-state index contributed by atoms with van der Waals surface area (Å²) in [5.41, 5.74) is 2.65. The molecule has 1 aromatic carbocycles. The van der Waals surface area contributed by atoms with Crippen molar-refractivity contribution in [3.63, 3.8) is 0 Å². The number of hydrogen-bond acceptors (Lipinski definition) is 4. The first-order valence-electron chi connectivity index (χ1n) is 9.76. The van der Waals surface area contributed by atoms with E-state index in [0.29, 0.717) is 42.1 Å². The first-order chi connectivity index (χ1) is 12.8. The van der Waals surface area contributed by atoms with E-state index in [2.05, 4.69) is 0 Å². The van der Waals surface area contributed by atoms with E-state index in [1.807, 2.05) is 37.8 Å². The van der Waals surface area contributed by atoms with Gasteiger partial charge in [0.2, 0.25) is 15.9 Å². The Morgan fingerprint density at radius 3 is 2.15 bits per heavy atom. The third kappa shape index (κ3) is 4.69. The molecule has 0 radical (unpaired) electrons. The molecular weight excluding hydrogens is 380 g/mol. The third-order valence-electron chi connectivity index (χ3n) is 5.54. The second kappa shape index (κ2) is 8.53. The van der Waals surface area contributed by atoms with Crippen molar-refractivity contribution in [2.75, 3.05) is 31.9 Å². The number of aryl methyl sites for hydroxylation is 3. The average molecular weight is 411 g/mol. The number of thioether (sulfide) groups is 1. The van der Waals surface area contributed by atoms with Crippen LogP contribution < -0.4 is 0 Å². The summed E-state index contributed by atoms with van der Waals surface area (Å²) in [6, 6.07) is 3.83. The van der Waals surface area contributed by atoms with E-state index < -0.39 is 10.0 Å². The molecule has 1 saturated heterocycles. The molecule has 1 aromatic rings. The zero-order chi connectivity index (χ0) is 19.6. The highest BCUT2D eigenvalue weighted by Crippen LogP contribution is 2.30. The quantitative estimate of drug-likeness (QED) is 0.748. The van der Waals surface area contributed by atoms with Crippen LogP contribution in [0.2, 0.25) is 0 Å². The van der Waals surface area contributed by atoms with Gasteiger partial charge in [-0.25, -0.2) is 8.42 Å². The molecule has 0 bridgehead atoms. The fraction of sp³-hybridized carbons (Fsp3) is 0.650. The van der Waals surface area contributed by atoms with Crippen molar-refractivity contribution in [2.45, 2.75) is 56.6 Å². The van der Waals surface area contributed by atoms with Gasteiger partial charge < -0.3 is 4.90 Å². The number of rotatable bonds is 5. The monoisotopic (exact) mass is 410 g/mol. The summed E-state index contributed by atoms with van der Waals surface area (Å²) in [6.07, 6.45) is 5.00. The minimum absolute atomic E-state index is 0.145. The Labute approximate surface area is 167 Å². The van der Waals surface area contributed by atoms with E-state index in [-0.39, 0.29) is 5.91 Å². The minimum atomic E-state index is -3.52. The van der Waals surface area contributed by atoms with Crippen molar-refractivity contribution in [3.8, 4) is 0 Å². The fourth-order valence-electron chi connectivity index (χ4n) is 4.22. The second-order valence-corrected chi connectivity index (χ2v) is 10.9. The highest BCUT2D eigenvalue weighted by molar-refractivity contribution is 8.00. The number of piperazine rings is 1. The highest BCUT2D eigenvalue weighted by atomic mass is 32.2. The standard InChI is InChI=1S/C20H30N2O3S2/c1-15-12-16(2)20(17(3)13-15)27(24,25)22-10-8-21(9-11-22)19(23)14-26-18-6-4-5-7-18/h12-13,18H,4-11,14H2,1-3H3. The van der Waals surface area contributed by atoms with Gasteiger partial charge in [-0.2, -0.15) is 4.31 Å². The number of hydrogen-bond donors (Lipinski definition) is 0. The highest BCUT2D eigenvalue weighted by Gasteiger charge is 2.32. The molecule has 1 amide bonds. The van der Waals surface area contributed by atoms with Crippen LogP contribution in [0.5, 0.6) is 0 Å². The zero-order valence-electron chi connectivity index (χ0n) is 16.5. The van der Waals surface area contributed by atoms with Crippen molar-refractivity contribution < 1.29 is 13.2 Å². The largest absolute Gasteiger partial charge is 0.339 e. The zero-order valence-corrected chi connectivity index (χ0v) is 18.2. The van der Waals surface area contributed by atoms with Crippen LogP contribution in [0.4, 0.5) is 0 Å². The molecule has 5 nitrogen and oxygen atoms in total. The molecule has 150 valence electrons. The van der Waals surface area contributed by atoms with E-state index in [0.717, 1.165) is 16.7 Å². The summed E-state index contributed by atoms with van der Waals surface area (Å²) in [6.45, 7) is 7.38. The lowest BCUT2D eigenvalue weighted by molar-refractivity contribution is -0.129. The Kier molecular flexibility index (Phi) is 6.54. The Bertz CT molecular complexity index is 770. The van der Waals surface area contributed by atoms with Gasteiger partial charge in [0.25, 0.3) is 0 Å². The maximum absolute atomic E-state index is 13.1. The van der Waals surface area contributed by atoms with Crippen LogP contribution >= 0.6 is 11.8 Å². The lowest BCUT2D eigenvalue weighted by Gasteiger charge is -2.34. The van der Waals surface area contributed by atoms with Gasteiger partial charge in [-0.3, -0.25) is 4.79 Å². The first kappa shape index (κ1) is 20.7. The SMILES string of the molecule is Cc1cc(C)c(S(=O)(=O)N2CCN(C(=O)CSC3CCCC3)CC2)c(C)c1. The van der Waals surface area contributed by atoms with Crippen molar-refractivity contribution in [1.29, 1.82) is 0 Å². The molecule has 2 aliphatic rings. The third-order valence-corrected chi connectivity index (χ3v) is 9.10. The lowest BCUT2D eigenvalue weighted by Crippen LogP contribution is -2.51. The molecule has 27 heavy (non-hydrogen) atoms. The maximum atomic E-state index is 13.1. The Morgan fingerprint density at radius 2 is 1.59 bits per heavy atom. The van der Waals surface area contributed by atoms with E-state index in [4.69, 9.17) is 0 Å². The van der Waals surface area contributed by atoms with Gasteiger partial charge in [0.15, 0.2) is 0 Å². The van der Waals surface area contributed by atoms with Crippen molar-refractivity contribution in [3.05, 3.63) is 28.8 Å². The van der Waals surface area contributed by atoms with Crippen LogP contribution in [0.25, 0.3) is 0 Å². The van der Waals surface area contributed by atoms with Gasteiger partial charge in [0.1, 0.15) is 0 Å². The molecule has 3 rings (SSSR count). The number of benzene rings is 1. The first-order valence-corrected chi connectivity index (χ1v) is 12.3. The molecule has 0 N–H and O–H groups in total. The van der Waals surface area contributed by atoms with Gasteiger partial charge in [-0.05, 0) is 44.7 Å². The Balaban J connectivity index is 1.60. The Hall–Kier alpha value is -1.05. The normalized spacial score (nSPS) is 19.6. The van der Waals surface area contributed by atoms with Crippen LogP contribution in [0.15, 0.2) is 17.0 Å². The van der Waals surface area contributed by atoms with Crippen molar-refractivity contribution in [2.24, 2.45) is 0 Å². The molecule has 1 aliphatic carbocycles. The molecule has 0 spiro atoms. The predicted octanol–water partition coefficient (Wildman–Crippen LogP) is 3.12. The topological polar surface area (TPSA) is 57.7 Å². The molecule has 1 heterocycles. The number of sulfonamides is 1. The number of carbonyl (C=O) groups excluding carboxylic acids is 1. The summed E-state index contributed by atoms with van der Waals surface area (Å²) in [4.78, 5) is 14.7. The molecule has 7 heteroatoms. The summed E-state index contributed by atoms with van der Waals surface area (Å²) in [7, 11) is -3.52. The summed E-state index contributed by atoms with van der Waals surface area (Å²) >= 11 is 1.77. The van der Waals surface area contributed by atoms with Gasteiger partial charge in [0.05, 0.1) is 10.6 Å². The lowest BCUT2D eigenvalue weighted by atomic mass is 10.1. The molecule has 1 saturated carbocycles. The smallest absolute Gasteiger partial charge is 0.243 e. The van der Waals surface area contributed by atoms with Crippen LogP contribution in [-0.2, 0) is 14.8 Å². The minimum Gasteiger partial charge on any atom is -0.339 e. The summed E-state index contributed by atoms with van der Waals surface area (Å²) in [5, 5.41) is 0.628. The second-order valence-electron chi connectivity index (χ2n) is 7.73. The van der Waals surface area contributed by atoms with Crippen LogP contribution in [0.1, 0.15) is 42.4 Å². The predicted molar refractivity (Wildman–Crippen MR) is 111 cm³/mol. The van der Waals surface area contributed by atoms with E-state index in [1.54, 1.807) is 11.8 Å². The number of nitrogens with zero attached hydrogens (tertiary/aromatic N) is 2. The van der Waals surface area contributed by atoms with Crippen molar-refractivity contribution in [1.82, 2.24) is 9.21 Å². The molecule has 0 atom stereocenters. The van der Waals surface area contributed by atoms with Gasteiger partial charge in [-0.15, -0.1) is 11.8 Å². The number of amides is 1. The summed E-state index contributed by atoms with van der Waals surface area (Å²) < 4.78 is 27.8. The van der Waals surface area contributed by atoms with Gasteiger partial charge in [0, 0.05) is 31.4 Å². The van der Waals surface area contributed by atoms with E-state index in [9.17, 15) is 13.2 Å². The molecule has 0 unspecified atom stereocenters. The number of carbonyl (C=O) groups is 1.